The maximum Gasteiger partial charge on any atom is 0.253 e. The highest BCUT2D eigenvalue weighted by Crippen LogP contribution is 2.32. The summed E-state index contributed by atoms with van der Waals surface area (Å²) in [5.41, 5.74) is 1.06. The van der Waals surface area contributed by atoms with E-state index in [-0.39, 0.29) is 23.1 Å². The number of nitrogens with zero attached hydrogens (tertiary/aromatic N) is 1. The Morgan fingerprint density at radius 2 is 1.74 bits per heavy atom. The van der Waals surface area contributed by atoms with Crippen molar-refractivity contribution in [1.82, 2.24) is 10.2 Å². The molecule has 0 saturated heterocycles. The smallest absolute Gasteiger partial charge is 0.253 e. The molecule has 5 heteroatoms. The van der Waals surface area contributed by atoms with Crippen LogP contribution >= 0.6 is 0 Å². The number of fused-ring (bicyclic) bond motifs is 1. The maximum atomic E-state index is 12.9. The molecule has 1 aliphatic carbocycles. The van der Waals surface area contributed by atoms with E-state index in [1.54, 1.807) is 0 Å². The van der Waals surface area contributed by atoms with Gasteiger partial charge in [-0.1, -0.05) is 38.1 Å². The molecule has 27 heavy (non-hydrogen) atoms. The Morgan fingerprint density at radius 3 is 2.33 bits per heavy atom. The predicted molar refractivity (Wildman–Crippen MR) is 110 cm³/mol. The van der Waals surface area contributed by atoms with Crippen molar-refractivity contribution in [3.05, 3.63) is 42.0 Å². The first-order valence-corrected chi connectivity index (χ1v) is 9.52. The van der Waals surface area contributed by atoms with Gasteiger partial charge in [0, 0.05) is 19.0 Å². The topological polar surface area (TPSA) is 61.4 Å². The monoisotopic (exact) mass is 367 g/mol. The van der Waals surface area contributed by atoms with Crippen molar-refractivity contribution in [2.75, 3.05) is 32.5 Å². The van der Waals surface area contributed by atoms with Crippen molar-refractivity contribution < 1.29 is 9.59 Å². The van der Waals surface area contributed by atoms with Gasteiger partial charge in [0.2, 0.25) is 5.91 Å². The van der Waals surface area contributed by atoms with Crippen LogP contribution in [0.5, 0.6) is 0 Å². The number of hydrogen-bond acceptors (Lipinski definition) is 3. The van der Waals surface area contributed by atoms with E-state index in [9.17, 15) is 9.59 Å². The van der Waals surface area contributed by atoms with E-state index in [1.165, 1.54) is 0 Å². The second-order valence-corrected chi connectivity index (χ2v) is 8.59. The lowest BCUT2D eigenvalue weighted by Crippen LogP contribution is -2.40. The van der Waals surface area contributed by atoms with Gasteiger partial charge in [-0.25, -0.2) is 0 Å². The van der Waals surface area contributed by atoms with Gasteiger partial charge in [-0.15, -0.1) is 0 Å². The highest BCUT2D eigenvalue weighted by molar-refractivity contribution is 6.08. The third-order valence-electron chi connectivity index (χ3n) is 4.81. The van der Waals surface area contributed by atoms with E-state index >= 15 is 0 Å². The molecule has 2 aromatic carbocycles. The van der Waals surface area contributed by atoms with Crippen molar-refractivity contribution in [2.24, 2.45) is 11.3 Å². The third kappa shape index (κ3) is 5.07. The maximum absolute atomic E-state index is 12.9. The Labute approximate surface area is 161 Å². The molecule has 0 radical (unpaired) electrons. The fraction of sp³-hybridized carbons (Fsp3) is 0.455. The molecule has 144 valence electrons. The van der Waals surface area contributed by atoms with Crippen molar-refractivity contribution in [3.8, 4) is 0 Å². The van der Waals surface area contributed by atoms with Gasteiger partial charge in [0.05, 0.1) is 11.3 Å². The molecule has 0 aliphatic heterocycles. The molecular formula is C22H29N3O2. The van der Waals surface area contributed by atoms with Crippen molar-refractivity contribution in [3.63, 3.8) is 0 Å². The zero-order valence-electron chi connectivity index (χ0n) is 16.6. The summed E-state index contributed by atoms with van der Waals surface area (Å²) in [4.78, 5) is 27.3. The standard InChI is InChI=1S/C22H29N3O2/c1-22(2,14-25(3)4)13-23-21(27)18-11-16-7-5-6-8-17(16)12-19(18)24-20(26)15-9-10-15/h5-8,11-12,15H,9-10,13-14H2,1-4H3,(H,23,27)(H,24,26). The molecule has 1 saturated carbocycles. The minimum absolute atomic E-state index is 0.00673. The van der Waals surface area contributed by atoms with Gasteiger partial charge in [0.25, 0.3) is 5.91 Å². The molecule has 2 aromatic rings. The molecule has 1 aliphatic rings. The summed E-state index contributed by atoms with van der Waals surface area (Å²) >= 11 is 0. The molecule has 2 amide bonds. The quantitative estimate of drug-likeness (QED) is 0.787. The number of carbonyl (C=O) groups is 2. The average Bonchev–Trinajstić information content (AvgIpc) is 3.43. The van der Waals surface area contributed by atoms with Gasteiger partial charge in [-0.3, -0.25) is 9.59 Å². The Balaban J connectivity index is 1.84. The minimum Gasteiger partial charge on any atom is -0.351 e. The highest BCUT2D eigenvalue weighted by Gasteiger charge is 2.30. The van der Waals surface area contributed by atoms with E-state index in [4.69, 9.17) is 0 Å². The summed E-state index contributed by atoms with van der Waals surface area (Å²) < 4.78 is 0. The van der Waals surface area contributed by atoms with Gasteiger partial charge >= 0.3 is 0 Å². The number of benzene rings is 2. The third-order valence-corrected chi connectivity index (χ3v) is 4.81. The first-order valence-electron chi connectivity index (χ1n) is 9.52. The Morgan fingerprint density at radius 1 is 1.11 bits per heavy atom. The second-order valence-electron chi connectivity index (χ2n) is 8.59. The first kappa shape index (κ1) is 19.4. The van der Waals surface area contributed by atoms with Crippen LogP contribution < -0.4 is 10.6 Å². The molecule has 3 rings (SSSR count). The van der Waals surface area contributed by atoms with E-state index < -0.39 is 0 Å². The van der Waals surface area contributed by atoms with Gasteiger partial charge < -0.3 is 15.5 Å². The van der Waals surface area contributed by atoms with Crippen LogP contribution in [0.15, 0.2) is 36.4 Å². The Kier molecular flexibility index (Phi) is 5.51. The zero-order chi connectivity index (χ0) is 19.6. The Bertz CT molecular complexity index is 854. The largest absolute Gasteiger partial charge is 0.351 e. The number of rotatable bonds is 7. The van der Waals surface area contributed by atoms with Crippen LogP contribution in [0, 0.1) is 11.3 Å². The average molecular weight is 367 g/mol. The van der Waals surface area contributed by atoms with Gasteiger partial charge in [-0.2, -0.15) is 0 Å². The first-order chi connectivity index (χ1) is 12.7. The number of nitrogens with one attached hydrogen (secondary N) is 2. The molecule has 0 spiro atoms. The number of carbonyl (C=O) groups excluding carboxylic acids is 2. The van der Waals surface area contributed by atoms with Crippen LogP contribution in [0.4, 0.5) is 5.69 Å². The molecule has 0 atom stereocenters. The number of amides is 2. The minimum atomic E-state index is -0.154. The van der Waals surface area contributed by atoms with Crippen LogP contribution in [-0.2, 0) is 4.79 Å². The van der Waals surface area contributed by atoms with Gasteiger partial charge in [-0.05, 0) is 55.3 Å². The summed E-state index contributed by atoms with van der Waals surface area (Å²) in [7, 11) is 4.05. The van der Waals surface area contributed by atoms with Crippen LogP contribution in [0.2, 0.25) is 0 Å². The number of hydrogen-bond donors (Lipinski definition) is 2. The van der Waals surface area contributed by atoms with Crippen molar-refractivity contribution in [2.45, 2.75) is 26.7 Å². The SMILES string of the molecule is CN(C)CC(C)(C)CNC(=O)c1cc2ccccc2cc1NC(=O)C1CC1. The zero-order valence-corrected chi connectivity index (χ0v) is 16.6. The summed E-state index contributed by atoms with van der Waals surface area (Å²) in [6, 6.07) is 11.6. The lowest BCUT2D eigenvalue weighted by Gasteiger charge is -2.28. The predicted octanol–water partition coefficient (Wildman–Crippen LogP) is 3.51. The highest BCUT2D eigenvalue weighted by atomic mass is 16.2. The summed E-state index contributed by atoms with van der Waals surface area (Å²) in [6.07, 6.45) is 1.86. The van der Waals surface area contributed by atoms with Crippen LogP contribution in [0.3, 0.4) is 0 Å². The van der Waals surface area contributed by atoms with Gasteiger partial charge in [0.15, 0.2) is 0 Å². The summed E-state index contributed by atoms with van der Waals surface area (Å²) in [5, 5.41) is 8.01. The fourth-order valence-electron chi connectivity index (χ4n) is 3.44. The van der Waals surface area contributed by atoms with E-state index in [1.807, 2.05) is 50.5 Å². The molecular weight excluding hydrogens is 338 g/mol. The second kappa shape index (κ2) is 7.69. The molecule has 0 aromatic heterocycles. The molecule has 0 heterocycles. The molecule has 0 bridgehead atoms. The summed E-state index contributed by atoms with van der Waals surface area (Å²) in [5.74, 6) is -0.0580. The number of anilines is 1. The van der Waals surface area contributed by atoms with E-state index in [0.29, 0.717) is 17.8 Å². The van der Waals surface area contributed by atoms with Crippen LogP contribution in [-0.4, -0.2) is 43.9 Å². The van der Waals surface area contributed by atoms with Crippen molar-refractivity contribution in [1.29, 1.82) is 0 Å². The lowest BCUT2D eigenvalue weighted by atomic mass is 9.92. The van der Waals surface area contributed by atoms with Crippen LogP contribution in [0.25, 0.3) is 10.8 Å². The molecule has 2 N–H and O–H groups in total. The summed E-state index contributed by atoms with van der Waals surface area (Å²) in [6.45, 7) is 5.69. The molecule has 5 nitrogen and oxygen atoms in total. The lowest BCUT2D eigenvalue weighted by molar-refractivity contribution is -0.117. The van der Waals surface area contributed by atoms with Crippen LogP contribution in [0.1, 0.15) is 37.0 Å². The molecule has 1 fully saturated rings. The normalized spacial score (nSPS) is 14.4. The fourth-order valence-corrected chi connectivity index (χ4v) is 3.44. The van der Waals surface area contributed by atoms with Gasteiger partial charge in [0.1, 0.15) is 0 Å². The van der Waals surface area contributed by atoms with E-state index in [0.717, 1.165) is 30.2 Å². The Hall–Kier alpha value is -2.40. The molecule has 0 unspecified atom stereocenters. The van der Waals surface area contributed by atoms with Crippen molar-refractivity contribution >= 4 is 28.3 Å². The van der Waals surface area contributed by atoms with E-state index in [2.05, 4.69) is 29.4 Å².